The molecule has 3 atom stereocenters. The lowest BCUT2D eigenvalue weighted by Gasteiger charge is -2.24. The highest BCUT2D eigenvalue weighted by molar-refractivity contribution is 7.47. The normalized spacial score (nSPS) is 14.6. The Balaban J connectivity index is 4.40. The lowest BCUT2D eigenvalue weighted by atomic mass is 10.0. The van der Waals surface area contributed by atoms with Gasteiger partial charge in [-0.2, -0.15) is 0 Å². The summed E-state index contributed by atoms with van der Waals surface area (Å²) < 4.78 is 34.3. The number of rotatable bonds is 45. The highest BCUT2D eigenvalue weighted by Crippen LogP contribution is 2.43. The summed E-state index contributed by atoms with van der Waals surface area (Å²) in [6.45, 7) is 4.11. The number of likely N-dealkylation sites (N-methyl/N-ethyl adjacent to an activating group) is 1. The molecule has 0 bridgehead atoms. The number of quaternary nitrogens is 1. The number of phosphoric acid groups is 1. The van der Waals surface area contributed by atoms with Gasteiger partial charge in [0, 0.05) is 12.8 Å². The van der Waals surface area contributed by atoms with Crippen LogP contribution in [0, 0.1) is 0 Å². The second-order valence-electron chi connectivity index (χ2n) is 18.0. The van der Waals surface area contributed by atoms with Crippen LogP contribution in [0.3, 0.4) is 0 Å². The van der Waals surface area contributed by atoms with Crippen LogP contribution in [0.5, 0.6) is 0 Å². The Morgan fingerprint density at radius 2 is 1.09 bits per heavy atom. The number of carbonyl (C=O) groups excluding carboxylic acids is 2. The zero-order valence-electron chi connectivity index (χ0n) is 41.8. The van der Waals surface area contributed by atoms with Crippen LogP contribution >= 0.6 is 7.82 Å². The van der Waals surface area contributed by atoms with Crippen LogP contribution in [-0.2, 0) is 32.7 Å². The van der Waals surface area contributed by atoms with Crippen LogP contribution in [0.25, 0.3) is 0 Å². The number of phosphoric ester groups is 1. The van der Waals surface area contributed by atoms with Crippen LogP contribution in [-0.4, -0.2) is 86.1 Å². The highest BCUT2D eigenvalue weighted by Gasteiger charge is 2.27. The van der Waals surface area contributed by atoms with Gasteiger partial charge in [-0.25, -0.2) is 4.57 Å². The van der Waals surface area contributed by atoms with E-state index < -0.39 is 38.6 Å². The van der Waals surface area contributed by atoms with Gasteiger partial charge in [0.05, 0.1) is 33.9 Å². The van der Waals surface area contributed by atoms with Crippen molar-refractivity contribution in [3.8, 4) is 0 Å². The number of aliphatic hydroxyl groups is 1. The Morgan fingerprint density at radius 1 is 0.569 bits per heavy atom. The minimum Gasteiger partial charge on any atom is -0.462 e. The summed E-state index contributed by atoms with van der Waals surface area (Å²) in [4.78, 5) is 35.5. The van der Waals surface area contributed by atoms with Gasteiger partial charge in [0.15, 0.2) is 6.10 Å². The molecule has 10 nitrogen and oxygen atoms in total. The summed E-state index contributed by atoms with van der Waals surface area (Å²) in [6.07, 6.45) is 55.5. The van der Waals surface area contributed by atoms with Gasteiger partial charge in [0.1, 0.15) is 19.8 Å². The summed E-state index contributed by atoms with van der Waals surface area (Å²) in [6, 6.07) is 0. The lowest BCUT2D eigenvalue weighted by molar-refractivity contribution is -0.870. The molecule has 2 N–H and O–H groups in total. The molecule has 2 unspecified atom stereocenters. The van der Waals surface area contributed by atoms with Gasteiger partial charge in [-0.15, -0.1) is 0 Å². The van der Waals surface area contributed by atoms with E-state index in [9.17, 15) is 24.2 Å². The second-order valence-corrected chi connectivity index (χ2v) is 19.5. The van der Waals surface area contributed by atoms with E-state index in [0.29, 0.717) is 23.9 Å². The predicted octanol–water partition coefficient (Wildman–Crippen LogP) is 14.1. The maximum atomic E-state index is 12.7. The largest absolute Gasteiger partial charge is 0.472 e. The van der Waals surface area contributed by atoms with Crippen LogP contribution in [0.4, 0.5) is 0 Å². The van der Waals surface area contributed by atoms with Crippen molar-refractivity contribution in [2.45, 2.75) is 199 Å². The maximum Gasteiger partial charge on any atom is 0.472 e. The van der Waals surface area contributed by atoms with Crippen molar-refractivity contribution >= 4 is 19.8 Å². The minimum atomic E-state index is -4.41. The van der Waals surface area contributed by atoms with Crippen LogP contribution in [0.15, 0.2) is 85.1 Å². The van der Waals surface area contributed by atoms with E-state index in [-0.39, 0.29) is 26.1 Å². The summed E-state index contributed by atoms with van der Waals surface area (Å²) >= 11 is 0. The SMILES string of the molecule is CC/C=C\CC(O)/C=C/C=C/C/C=C\C/C=C\C/C=C\CCC(=O)O[C@H](COC(=O)CCCCCCCCCCCCC/C=C\CCCCCCCC)COP(=O)(O)OCC[N+](C)(C)C. The molecule has 0 heterocycles. The summed E-state index contributed by atoms with van der Waals surface area (Å²) in [5.74, 6) is -0.921. The fourth-order valence-corrected chi connectivity index (χ4v) is 7.27. The highest BCUT2D eigenvalue weighted by atomic mass is 31.2. The Morgan fingerprint density at radius 3 is 1.66 bits per heavy atom. The number of nitrogens with zero attached hydrogens (tertiary/aromatic N) is 1. The van der Waals surface area contributed by atoms with E-state index in [2.05, 4.69) is 56.4 Å². The van der Waals surface area contributed by atoms with E-state index in [1.807, 2.05) is 57.6 Å². The third-order valence-corrected chi connectivity index (χ3v) is 11.5. The van der Waals surface area contributed by atoms with Gasteiger partial charge in [0.2, 0.25) is 0 Å². The molecule has 0 fully saturated rings. The molecule has 11 heteroatoms. The molecule has 0 aromatic heterocycles. The maximum absolute atomic E-state index is 12.7. The third-order valence-electron chi connectivity index (χ3n) is 10.5. The number of hydrogen-bond acceptors (Lipinski definition) is 8. The molecule has 0 aromatic rings. The summed E-state index contributed by atoms with van der Waals surface area (Å²) in [7, 11) is 1.40. The van der Waals surface area contributed by atoms with Crippen molar-refractivity contribution in [3.63, 3.8) is 0 Å². The Labute approximate surface area is 397 Å². The molecular formula is C54H95NO9P+. The molecule has 0 aliphatic heterocycles. The molecule has 0 aromatic carbocycles. The summed E-state index contributed by atoms with van der Waals surface area (Å²) in [5.41, 5.74) is 0. The van der Waals surface area contributed by atoms with Gasteiger partial charge in [0.25, 0.3) is 0 Å². The zero-order chi connectivity index (χ0) is 48.0. The van der Waals surface area contributed by atoms with Crippen LogP contribution in [0.1, 0.15) is 187 Å². The van der Waals surface area contributed by atoms with E-state index in [4.69, 9.17) is 18.5 Å². The fourth-order valence-electron chi connectivity index (χ4n) is 6.53. The number of ether oxygens (including phenoxy) is 2. The van der Waals surface area contributed by atoms with Gasteiger partial charge in [-0.3, -0.25) is 18.6 Å². The molecule has 0 radical (unpaired) electrons. The fraction of sp³-hybridized carbons (Fsp3) is 0.704. The molecule has 0 aliphatic rings. The first-order valence-electron chi connectivity index (χ1n) is 25.4. The monoisotopic (exact) mass is 933 g/mol. The average molecular weight is 933 g/mol. The van der Waals surface area contributed by atoms with E-state index in [1.54, 1.807) is 6.08 Å². The molecule has 0 rings (SSSR count). The minimum absolute atomic E-state index is 0.00717. The van der Waals surface area contributed by atoms with E-state index in [0.717, 1.165) is 44.9 Å². The van der Waals surface area contributed by atoms with Gasteiger partial charge >= 0.3 is 19.8 Å². The standard InChI is InChI=1S/C54H94NO9P/c1-6-8-10-11-12-13-14-15-16-17-18-19-20-21-22-25-28-31-34-37-41-45-53(57)61-49-52(50-63-65(59,60)62-48-47-55(3,4)5)64-54(58)46-42-38-35-32-29-26-23-24-27-30-33-36-40-44-51(56)43-39-9-7-2/h9,15-16,24,26-27,29,33,35-36,38-40,44,51-52,56H,6-8,10-14,17-23,25,28,30-32,34,37,41-43,45-50H2,1-5H3/p+1/b16-15-,27-24-,29-26-,36-33+,38-35-,39-9-,44-40+/t51?,52-/m1/s1. The zero-order valence-corrected chi connectivity index (χ0v) is 42.7. The van der Waals surface area contributed by atoms with Gasteiger partial charge in [-0.05, 0) is 70.6 Å². The molecule has 0 saturated carbocycles. The van der Waals surface area contributed by atoms with Crippen LogP contribution in [0.2, 0.25) is 0 Å². The first-order chi connectivity index (χ1) is 31.4. The Bertz CT molecular complexity index is 1390. The molecule has 374 valence electrons. The van der Waals surface area contributed by atoms with Crippen LogP contribution < -0.4 is 0 Å². The topological polar surface area (TPSA) is 129 Å². The quantitative estimate of drug-likeness (QED) is 0.0153. The number of hydrogen-bond donors (Lipinski definition) is 2. The number of allylic oxidation sites excluding steroid dienone is 12. The third kappa shape index (κ3) is 48.9. The summed E-state index contributed by atoms with van der Waals surface area (Å²) in [5, 5.41) is 9.86. The van der Waals surface area contributed by atoms with Crippen molar-refractivity contribution in [1.82, 2.24) is 0 Å². The molecule has 0 spiro atoms. The Hall–Kier alpha value is -2.85. The van der Waals surface area contributed by atoms with Crippen molar-refractivity contribution < 1.29 is 47.2 Å². The van der Waals surface area contributed by atoms with Gasteiger partial charge < -0.3 is 24.0 Å². The second kappa shape index (κ2) is 45.0. The van der Waals surface area contributed by atoms with Crippen molar-refractivity contribution in [2.24, 2.45) is 0 Å². The van der Waals surface area contributed by atoms with E-state index >= 15 is 0 Å². The number of esters is 2. The van der Waals surface area contributed by atoms with Crippen molar-refractivity contribution in [1.29, 1.82) is 0 Å². The number of carbonyl (C=O) groups is 2. The van der Waals surface area contributed by atoms with Gasteiger partial charge in [-0.1, -0.05) is 189 Å². The average Bonchev–Trinajstić information content (AvgIpc) is 3.26. The van der Waals surface area contributed by atoms with Crippen molar-refractivity contribution in [2.75, 3.05) is 47.5 Å². The molecule has 65 heavy (non-hydrogen) atoms. The van der Waals surface area contributed by atoms with Crippen molar-refractivity contribution in [3.05, 3.63) is 85.1 Å². The molecule has 0 amide bonds. The number of unbranched alkanes of at least 4 members (excludes halogenated alkanes) is 17. The predicted molar refractivity (Wildman–Crippen MR) is 271 cm³/mol. The molecule has 0 saturated heterocycles. The number of aliphatic hydroxyl groups excluding tert-OH is 1. The molecule has 0 aliphatic carbocycles. The smallest absolute Gasteiger partial charge is 0.462 e. The lowest BCUT2D eigenvalue weighted by Crippen LogP contribution is -2.37. The Kier molecular flexibility index (Phi) is 43.0. The first kappa shape index (κ1) is 62.1. The molecular weight excluding hydrogens is 838 g/mol. The van der Waals surface area contributed by atoms with E-state index in [1.165, 1.54) is 103 Å². The first-order valence-corrected chi connectivity index (χ1v) is 26.9.